The van der Waals surface area contributed by atoms with Crippen LogP contribution >= 0.6 is 12.2 Å². The van der Waals surface area contributed by atoms with Crippen molar-refractivity contribution in [3.63, 3.8) is 0 Å². The van der Waals surface area contributed by atoms with Gasteiger partial charge >= 0.3 is 0 Å². The van der Waals surface area contributed by atoms with Crippen molar-refractivity contribution in [2.24, 2.45) is 5.10 Å². The summed E-state index contributed by atoms with van der Waals surface area (Å²) in [7, 11) is 1.72. The van der Waals surface area contributed by atoms with E-state index in [-0.39, 0.29) is 5.69 Å². The lowest BCUT2D eigenvalue weighted by molar-refractivity contribution is -0.384. The Morgan fingerprint density at radius 3 is 2.45 bits per heavy atom. The predicted octanol–water partition coefficient (Wildman–Crippen LogP) is 3.26. The van der Waals surface area contributed by atoms with Gasteiger partial charge in [0.15, 0.2) is 5.11 Å². The van der Waals surface area contributed by atoms with Crippen molar-refractivity contribution in [3.8, 4) is 0 Å². The number of anilines is 1. The van der Waals surface area contributed by atoms with Crippen molar-refractivity contribution in [1.82, 2.24) is 5.01 Å². The number of non-ortho nitro benzene ring substituents is 1. The Labute approximate surface area is 133 Å². The molecule has 2 rings (SSSR count). The van der Waals surface area contributed by atoms with Crippen molar-refractivity contribution in [2.45, 2.75) is 0 Å². The minimum absolute atomic E-state index is 0.0342. The average Bonchev–Trinajstić information content (AvgIpc) is 2.54. The first-order valence-corrected chi connectivity index (χ1v) is 6.85. The van der Waals surface area contributed by atoms with E-state index in [2.05, 4.69) is 10.4 Å². The highest BCUT2D eigenvalue weighted by Gasteiger charge is 2.06. The van der Waals surface area contributed by atoms with Crippen LogP contribution in [0.25, 0.3) is 0 Å². The van der Waals surface area contributed by atoms with Crippen LogP contribution in [0.15, 0.2) is 59.7 Å². The maximum Gasteiger partial charge on any atom is 0.269 e. The Kier molecular flexibility index (Phi) is 5.16. The van der Waals surface area contributed by atoms with Gasteiger partial charge in [-0.1, -0.05) is 30.3 Å². The summed E-state index contributed by atoms with van der Waals surface area (Å²) in [6.07, 6.45) is 1.70. The van der Waals surface area contributed by atoms with Gasteiger partial charge in [-0.3, -0.25) is 10.1 Å². The molecule has 0 aliphatic heterocycles. The molecule has 0 amide bonds. The molecule has 0 aliphatic rings. The highest BCUT2D eigenvalue weighted by Crippen LogP contribution is 2.15. The van der Waals surface area contributed by atoms with Crippen LogP contribution in [0.5, 0.6) is 0 Å². The van der Waals surface area contributed by atoms with Gasteiger partial charge in [-0.2, -0.15) is 5.10 Å². The first-order chi connectivity index (χ1) is 10.6. The fraction of sp³-hybridized carbons (Fsp3) is 0.0667. The van der Waals surface area contributed by atoms with Gasteiger partial charge in [0.2, 0.25) is 0 Å². The van der Waals surface area contributed by atoms with Crippen LogP contribution in [0, 0.1) is 10.1 Å². The van der Waals surface area contributed by atoms with E-state index in [4.69, 9.17) is 12.2 Å². The number of rotatable bonds is 4. The standard InChI is InChI=1S/C15H14N4O2S/c1-18(16-11-12-5-3-2-4-6-12)15(22)17-13-7-9-14(10-8-13)19(20)21/h2-11H,1H3,(H,17,22)/b16-11+. The Bertz CT molecular complexity index is 686. The quantitative estimate of drug-likeness (QED) is 0.406. The number of hydrazone groups is 1. The number of thiocarbonyl (C=S) groups is 1. The predicted molar refractivity (Wildman–Crippen MR) is 91.1 cm³/mol. The number of benzene rings is 2. The second kappa shape index (κ2) is 7.28. The molecular weight excluding hydrogens is 300 g/mol. The summed E-state index contributed by atoms with van der Waals surface area (Å²) < 4.78 is 0. The zero-order chi connectivity index (χ0) is 15.9. The van der Waals surface area contributed by atoms with Gasteiger partial charge < -0.3 is 5.32 Å². The fourth-order valence-corrected chi connectivity index (χ4v) is 1.78. The molecule has 0 heterocycles. The van der Waals surface area contributed by atoms with E-state index in [0.29, 0.717) is 10.8 Å². The van der Waals surface area contributed by atoms with Crippen LogP contribution in [-0.2, 0) is 0 Å². The molecule has 0 saturated heterocycles. The van der Waals surface area contributed by atoms with Gasteiger partial charge in [-0.05, 0) is 29.9 Å². The summed E-state index contributed by atoms with van der Waals surface area (Å²) in [6.45, 7) is 0. The van der Waals surface area contributed by atoms with Crippen LogP contribution in [0.4, 0.5) is 11.4 Å². The minimum atomic E-state index is -0.446. The maximum absolute atomic E-state index is 10.6. The van der Waals surface area contributed by atoms with Crippen molar-refractivity contribution in [1.29, 1.82) is 0 Å². The minimum Gasteiger partial charge on any atom is -0.331 e. The molecule has 0 atom stereocenters. The normalized spacial score (nSPS) is 10.4. The lowest BCUT2D eigenvalue weighted by Crippen LogP contribution is -2.26. The molecule has 0 radical (unpaired) electrons. The highest BCUT2D eigenvalue weighted by atomic mass is 32.1. The van der Waals surface area contributed by atoms with Crippen LogP contribution in [-0.4, -0.2) is 28.3 Å². The molecule has 112 valence electrons. The fourth-order valence-electron chi connectivity index (χ4n) is 1.62. The van der Waals surface area contributed by atoms with E-state index in [9.17, 15) is 10.1 Å². The number of nitrogens with one attached hydrogen (secondary N) is 1. The topological polar surface area (TPSA) is 70.8 Å². The number of hydrogen-bond acceptors (Lipinski definition) is 4. The molecule has 0 fully saturated rings. The summed E-state index contributed by atoms with van der Waals surface area (Å²) in [5.74, 6) is 0. The second-order valence-corrected chi connectivity index (χ2v) is 4.80. The Morgan fingerprint density at radius 1 is 1.23 bits per heavy atom. The van der Waals surface area contributed by atoms with Crippen molar-refractivity contribution in [2.75, 3.05) is 12.4 Å². The summed E-state index contributed by atoms with van der Waals surface area (Å²) in [6, 6.07) is 15.7. The summed E-state index contributed by atoms with van der Waals surface area (Å²) in [5, 5.41) is 19.7. The van der Waals surface area contributed by atoms with E-state index < -0.39 is 4.92 Å². The molecule has 0 spiro atoms. The first-order valence-electron chi connectivity index (χ1n) is 6.44. The van der Waals surface area contributed by atoms with Gasteiger partial charge in [-0.25, -0.2) is 5.01 Å². The van der Waals surface area contributed by atoms with Crippen molar-refractivity contribution >= 4 is 34.9 Å². The van der Waals surface area contributed by atoms with Crippen LogP contribution < -0.4 is 5.32 Å². The first kappa shape index (κ1) is 15.6. The summed E-state index contributed by atoms with van der Waals surface area (Å²) in [5.41, 5.74) is 1.66. The Morgan fingerprint density at radius 2 is 1.86 bits per heavy atom. The largest absolute Gasteiger partial charge is 0.331 e. The van der Waals surface area contributed by atoms with E-state index in [1.807, 2.05) is 30.3 Å². The van der Waals surface area contributed by atoms with Crippen LogP contribution in [0.2, 0.25) is 0 Å². The molecule has 7 heteroatoms. The third kappa shape index (κ3) is 4.35. The van der Waals surface area contributed by atoms with E-state index in [0.717, 1.165) is 5.56 Å². The van der Waals surface area contributed by atoms with Gasteiger partial charge in [0.05, 0.1) is 11.1 Å². The monoisotopic (exact) mass is 314 g/mol. The number of hydrogen-bond donors (Lipinski definition) is 1. The molecule has 0 saturated carbocycles. The van der Waals surface area contributed by atoms with Crippen molar-refractivity contribution < 1.29 is 4.92 Å². The summed E-state index contributed by atoms with van der Waals surface area (Å²) in [4.78, 5) is 10.1. The molecule has 2 aromatic carbocycles. The Balaban J connectivity index is 1.96. The molecule has 0 aromatic heterocycles. The van der Waals surface area contributed by atoms with Crippen LogP contribution in [0.3, 0.4) is 0 Å². The lowest BCUT2D eigenvalue weighted by Gasteiger charge is -2.15. The molecular formula is C15H14N4O2S. The van der Waals surface area contributed by atoms with Crippen molar-refractivity contribution in [3.05, 3.63) is 70.3 Å². The third-order valence-corrected chi connectivity index (χ3v) is 3.17. The molecule has 1 N–H and O–H groups in total. The third-order valence-electron chi connectivity index (χ3n) is 2.80. The van der Waals surface area contributed by atoms with Gasteiger partial charge in [0.25, 0.3) is 5.69 Å². The molecule has 0 unspecified atom stereocenters. The second-order valence-electron chi connectivity index (χ2n) is 4.41. The van der Waals surface area contributed by atoms with E-state index in [1.54, 1.807) is 25.4 Å². The maximum atomic E-state index is 10.6. The molecule has 2 aromatic rings. The van der Waals surface area contributed by atoms with Gasteiger partial charge in [0.1, 0.15) is 0 Å². The number of nitrogens with zero attached hydrogens (tertiary/aromatic N) is 3. The lowest BCUT2D eigenvalue weighted by atomic mass is 10.2. The van der Waals surface area contributed by atoms with E-state index >= 15 is 0 Å². The average molecular weight is 314 g/mol. The molecule has 6 nitrogen and oxygen atoms in total. The Hall–Kier alpha value is -2.80. The number of nitro benzene ring substituents is 1. The van der Waals surface area contributed by atoms with Gasteiger partial charge in [-0.15, -0.1) is 0 Å². The molecule has 0 bridgehead atoms. The van der Waals surface area contributed by atoms with E-state index in [1.165, 1.54) is 17.1 Å². The molecule has 0 aliphatic carbocycles. The highest BCUT2D eigenvalue weighted by molar-refractivity contribution is 7.80. The summed E-state index contributed by atoms with van der Waals surface area (Å²) >= 11 is 5.23. The SMILES string of the molecule is CN(/N=C/c1ccccc1)C(=S)Nc1ccc([N+](=O)[O-])cc1. The zero-order valence-electron chi connectivity index (χ0n) is 11.8. The van der Waals surface area contributed by atoms with Gasteiger partial charge in [0, 0.05) is 24.9 Å². The number of nitro groups is 1. The van der Waals surface area contributed by atoms with Crippen LogP contribution in [0.1, 0.15) is 5.56 Å². The molecule has 22 heavy (non-hydrogen) atoms. The smallest absolute Gasteiger partial charge is 0.269 e. The zero-order valence-corrected chi connectivity index (χ0v) is 12.7.